The third-order valence-electron chi connectivity index (χ3n) is 14.1. The molecule has 15 heteroatoms. The SMILES string of the molecule is C=CC(=O)N1CCN(C(C)=O)CC(S(=O)(=O)c2ccc(N3CC(CN4CCC([C@@](CN5CCC5)(c5cccc(F)c5)[C@H]5CCC[C@@H]5NC(=O)OC)CC4)(OC)C3)cc2)C1. The second-order valence-electron chi connectivity index (χ2n) is 17.4. The van der Waals surface area contributed by atoms with E-state index in [4.69, 9.17) is 9.47 Å². The molecule has 0 aromatic heterocycles. The second kappa shape index (κ2) is 17.9. The summed E-state index contributed by atoms with van der Waals surface area (Å²) in [5.41, 5.74) is 1.19. The molecule has 0 bridgehead atoms. The summed E-state index contributed by atoms with van der Waals surface area (Å²) >= 11 is 0. The highest BCUT2D eigenvalue weighted by Gasteiger charge is 2.54. The summed E-state index contributed by atoms with van der Waals surface area (Å²) in [5, 5.41) is 2.20. The van der Waals surface area contributed by atoms with Gasteiger partial charge < -0.3 is 39.3 Å². The van der Waals surface area contributed by atoms with Crippen LogP contribution in [-0.4, -0.2) is 156 Å². The third kappa shape index (κ3) is 8.89. The Kier molecular flexibility index (Phi) is 13.1. The summed E-state index contributed by atoms with van der Waals surface area (Å²) in [7, 11) is -0.716. The van der Waals surface area contributed by atoms with E-state index in [-0.39, 0.29) is 72.0 Å². The van der Waals surface area contributed by atoms with Gasteiger partial charge in [-0.2, -0.15) is 0 Å². The van der Waals surface area contributed by atoms with Gasteiger partial charge in [-0.15, -0.1) is 0 Å². The quantitative estimate of drug-likeness (QED) is 0.297. The van der Waals surface area contributed by atoms with Gasteiger partial charge in [0, 0.05) is 70.4 Å². The molecule has 59 heavy (non-hydrogen) atoms. The molecular formula is C44H61FN6O7S. The van der Waals surface area contributed by atoms with Crippen molar-refractivity contribution in [3.05, 3.63) is 72.6 Å². The van der Waals surface area contributed by atoms with E-state index in [1.807, 2.05) is 18.2 Å². The minimum atomic E-state index is -3.88. The van der Waals surface area contributed by atoms with Crippen LogP contribution >= 0.6 is 0 Å². The number of carbonyl (C=O) groups excluding carboxylic acids is 3. The van der Waals surface area contributed by atoms with Crippen LogP contribution in [0.2, 0.25) is 0 Å². The van der Waals surface area contributed by atoms with E-state index in [0.29, 0.717) is 13.1 Å². The van der Waals surface area contributed by atoms with E-state index in [9.17, 15) is 22.8 Å². The third-order valence-corrected chi connectivity index (χ3v) is 16.2. The molecule has 1 N–H and O–H groups in total. The molecule has 2 aromatic rings. The molecule has 322 valence electrons. The Labute approximate surface area is 348 Å². The van der Waals surface area contributed by atoms with Crippen LogP contribution < -0.4 is 10.2 Å². The first-order valence-electron chi connectivity index (χ1n) is 21.2. The zero-order valence-electron chi connectivity index (χ0n) is 34.8. The molecule has 7 rings (SSSR count). The molecule has 13 nitrogen and oxygen atoms in total. The van der Waals surface area contributed by atoms with Crippen molar-refractivity contribution in [2.24, 2.45) is 11.8 Å². The molecule has 4 aliphatic heterocycles. The zero-order valence-corrected chi connectivity index (χ0v) is 35.6. The maximum absolute atomic E-state index is 15.1. The van der Waals surface area contributed by atoms with Crippen molar-refractivity contribution in [3.63, 3.8) is 0 Å². The first-order chi connectivity index (χ1) is 28.3. The molecule has 2 aromatic carbocycles. The molecule has 5 aliphatic rings. The minimum absolute atomic E-state index is 0.0119. The number of piperidine rings is 1. The normalized spacial score (nSPS) is 25.3. The zero-order chi connectivity index (χ0) is 42.0. The van der Waals surface area contributed by atoms with Gasteiger partial charge in [-0.25, -0.2) is 17.6 Å². The van der Waals surface area contributed by atoms with Crippen LogP contribution in [0.3, 0.4) is 0 Å². The number of halogens is 1. The van der Waals surface area contributed by atoms with E-state index in [1.54, 1.807) is 25.3 Å². The van der Waals surface area contributed by atoms with Gasteiger partial charge in [-0.3, -0.25) is 9.59 Å². The van der Waals surface area contributed by atoms with Crippen molar-refractivity contribution in [2.75, 3.05) is 97.7 Å². The Hall–Kier alpha value is -4.05. The number of rotatable bonds is 13. The van der Waals surface area contributed by atoms with Gasteiger partial charge in [0.1, 0.15) is 16.7 Å². The Morgan fingerprint density at radius 2 is 1.61 bits per heavy atom. The van der Waals surface area contributed by atoms with Crippen LogP contribution in [0.25, 0.3) is 0 Å². The molecule has 4 saturated heterocycles. The fraction of sp³-hybridized carbons (Fsp3) is 0.614. The van der Waals surface area contributed by atoms with Gasteiger partial charge in [0.25, 0.3) is 0 Å². The minimum Gasteiger partial charge on any atom is -0.453 e. The number of carbonyl (C=O) groups is 3. The number of hydrogen-bond donors (Lipinski definition) is 1. The number of hydrogen-bond acceptors (Lipinski definition) is 10. The maximum atomic E-state index is 15.1. The Bertz CT molecular complexity index is 1950. The maximum Gasteiger partial charge on any atom is 0.407 e. The average molecular weight is 837 g/mol. The first-order valence-corrected chi connectivity index (χ1v) is 22.7. The highest BCUT2D eigenvalue weighted by molar-refractivity contribution is 7.92. The molecule has 5 fully saturated rings. The standard InChI is InChI=1S/C44H61FN6O7S/c1-5-41(53)50-24-23-49(32(2)52)26-38(27-50)59(55,56)37-15-13-36(14-16-37)51-29-43(30-51,58-4)28-48-21-17-33(18-22-48)44(31-47-19-8-20-47,34-9-6-10-35(45)25-34)39-11-7-12-40(39)46-42(54)57-3/h5-6,9-10,13-16,25,33,38-40H,1,7-8,11-12,17-24,26-31H2,2-4H3,(H,46,54)/t38?,39-,40-,44-/m0/s1. The Balaban J connectivity index is 1.02. The van der Waals surface area contributed by atoms with Crippen molar-refractivity contribution in [2.45, 2.75) is 72.7 Å². The first kappa shape index (κ1) is 43.1. The lowest BCUT2D eigenvalue weighted by molar-refractivity contribution is -0.130. The summed E-state index contributed by atoms with van der Waals surface area (Å²) in [4.78, 5) is 47.6. The highest BCUT2D eigenvalue weighted by Crippen LogP contribution is 2.51. The number of ether oxygens (including phenoxy) is 2. The lowest BCUT2D eigenvalue weighted by atomic mass is 9.57. The van der Waals surface area contributed by atoms with Crippen LogP contribution in [0, 0.1) is 17.7 Å². The molecule has 0 radical (unpaired) electrons. The van der Waals surface area contributed by atoms with E-state index in [1.165, 1.54) is 36.0 Å². The Morgan fingerprint density at radius 1 is 0.915 bits per heavy atom. The summed E-state index contributed by atoms with van der Waals surface area (Å²) in [5.74, 6) is -0.396. The summed E-state index contributed by atoms with van der Waals surface area (Å²) in [6.07, 6.45) is 6.63. The van der Waals surface area contributed by atoms with Crippen LogP contribution in [0.1, 0.15) is 51.0 Å². The lowest BCUT2D eigenvalue weighted by Crippen LogP contribution is -2.68. The van der Waals surface area contributed by atoms with Gasteiger partial charge in [0.15, 0.2) is 9.84 Å². The average Bonchev–Trinajstić information content (AvgIpc) is 3.53. The van der Waals surface area contributed by atoms with Gasteiger partial charge in [-0.1, -0.05) is 25.1 Å². The number of nitrogens with one attached hydrogen (secondary N) is 1. The van der Waals surface area contributed by atoms with Crippen molar-refractivity contribution >= 4 is 33.4 Å². The monoisotopic (exact) mass is 836 g/mol. The molecule has 3 amide bonds. The topological polar surface area (TPSA) is 132 Å². The smallest absolute Gasteiger partial charge is 0.407 e. The van der Waals surface area contributed by atoms with E-state index in [0.717, 1.165) is 89.0 Å². The van der Waals surface area contributed by atoms with Crippen molar-refractivity contribution < 1.29 is 36.7 Å². The van der Waals surface area contributed by atoms with E-state index < -0.39 is 26.8 Å². The van der Waals surface area contributed by atoms with Crippen LogP contribution in [0.5, 0.6) is 0 Å². The number of anilines is 1. The molecule has 1 saturated carbocycles. The van der Waals surface area contributed by atoms with Crippen molar-refractivity contribution in [1.82, 2.24) is 24.9 Å². The predicted octanol–water partition coefficient (Wildman–Crippen LogP) is 3.93. The number of methoxy groups -OCH3 is 2. The van der Waals surface area contributed by atoms with Gasteiger partial charge in [-0.05, 0) is 118 Å². The van der Waals surface area contributed by atoms with Crippen LogP contribution in [0.4, 0.5) is 14.9 Å². The molecule has 4 atom stereocenters. The van der Waals surface area contributed by atoms with E-state index >= 15 is 4.39 Å². The Morgan fingerprint density at radius 3 is 2.22 bits per heavy atom. The van der Waals surface area contributed by atoms with E-state index in [2.05, 4.69) is 32.7 Å². The van der Waals surface area contributed by atoms with Crippen molar-refractivity contribution in [1.29, 1.82) is 0 Å². The highest BCUT2D eigenvalue weighted by atomic mass is 32.2. The molecule has 1 unspecified atom stereocenters. The fourth-order valence-corrected chi connectivity index (χ4v) is 12.4. The van der Waals surface area contributed by atoms with Crippen molar-refractivity contribution in [3.8, 4) is 0 Å². The number of benzene rings is 2. The second-order valence-corrected chi connectivity index (χ2v) is 19.6. The number of likely N-dealkylation sites (tertiary alicyclic amines) is 2. The molecule has 4 heterocycles. The number of sulfone groups is 1. The largest absolute Gasteiger partial charge is 0.453 e. The summed E-state index contributed by atoms with van der Waals surface area (Å²) in [6.45, 7) is 12.2. The molecule has 0 spiro atoms. The van der Waals surface area contributed by atoms with Crippen LogP contribution in [0.15, 0.2) is 66.1 Å². The van der Waals surface area contributed by atoms with Gasteiger partial charge >= 0.3 is 6.09 Å². The fourth-order valence-electron chi connectivity index (χ4n) is 10.7. The summed E-state index contributed by atoms with van der Waals surface area (Å²) in [6, 6.07) is 14.0. The molecule has 1 aliphatic carbocycles. The molecular weight excluding hydrogens is 776 g/mol. The number of amides is 3. The lowest BCUT2D eigenvalue weighted by Gasteiger charge is -2.55. The predicted molar refractivity (Wildman–Crippen MR) is 223 cm³/mol. The number of alkyl carbamates (subject to hydrolysis) is 1. The number of nitrogens with zero attached hydrogens (tertiary/aromatic N) is 5. The van der Waals surface area contributed by atoms with Crippen LogP contribution in [-0.2, 0) is 34.3 Å². The summed E-state index contributed by atoms with van der Waals surface area (Å²) < 4.78 is 54.2. The van der Waals surface area contributed by atoms with Gasteiger partial charge in [0.2, 0.25) is 11.8 Å². The van der Waals surface area contributed by atoms with Gasteiger partial charge in [0.05, 0.1) is 25.1 Å².